The Morgan fingerprint density at radius 1 is 0.810 bits per heavy atom. The largest absolute Gasteiger partial charge is 0.576 e. The Bertz CT molecular complexity index is 690. The first kappa shape index (κ1) is 14.4. The third kappa shape index (κ3) is 3.49. The molecule has 0 atom stereocenters. The van der Waals surface area contributed by atoms with Gasteiger partial charge in [0, 0.05) is 0 Å². The number of rotatable bonds is 4. The van der Waals surface area contributed by atoms with Crippen LogP contribution in [-0.2, 0) is 0 Å². The Labute approximate surface area is 120 Å². The molecule has 2 rings (SSSR count). The molecule has 0 saturated heterocycles. The second-order valence-corrected chi connectivity index (χ2v) is 3.91. The van der Waals surface area contributed by atoms with Gasteiger partial charge in [-0.15, -0.1) is 0 Å². The van der Waals surface area contributed by atoms with Gasteiger partial charge in [0.15, 0.2) is 0 Å². The fraction of sp³-hybridized carbons (Fsp3) is 0. The molecule has 0 bridgehead atoms. The summed E-state index contributed by atoms with van der Waals surface area (Å²) < 4.78 is 36.6. The van der Waals surface area contributed by atoms with E-state index in [1.54, 1.807) is 12.1 Å². The zero-order chi connectivity index (χ0) is 15.2. The van der Waals surface area contributed by atoms with Crippen molar-refractivity contribution >= 4 is 7.69 Å². The first-order valence-corrected chi connectivity index (χ1v) is 5.79. The topological polar surface area (TPSA) is 66.0 Å². The minimum absolute atomic E-state index is 0.138. The Hall–Kier alpha value is -3.06. The fourth-order valence-corrected chi connectivity index (χ4v) is 1.53. The van der Waals surface area contributed by atoms with E-state index in [2.05, 4.69) is 0 Å². The number of nitriles is 2. The van der Waals surface area contributed by atoms with Gasteiger partial charge in [-0.3, -0.25) is 0 Å². The first-order valence-electron chi connectivity index (χ1n) is 5.79. The summed E-state index contributed by atoms with van der Waals surface area (Å²) in [5.74, 6) is -0.753. The predicted octanol–water partition coefficient (Wildman–Crippen LogP) is 2.43. The molecule has 0 fully saturated rings. The fourth-order valence-electron chi connectivity index (χ4n) is 1.53. The lowest BCUT2D eigenvalue weighted by molar-refractivity contribution is 0.457. The van der Waals surface area contributed by atoms with E-state index in [1.807, 2.05) is 0 Å². The summed E-state index contributed by atoms with van der Waals surface area (Å²) in [5, 5.41) is 17.4. The molecule has 0 aliphatic carbocycles. The molecular weight excluding hydrogens is 277 g/mol. The van der Waals surface area contributed by atoms with Crippen LogP contribution in [0.25, 0.3) is 0 Å². The van der Waals surface area contributed by atoms with Crippen molar-refractivity contribution in [3.63, 3.8) is 0 Å². The van der Waals surface area contributed by atoms with Crippen molar-refractivity contribution < 1.29 is 18.1 Å². The van der Waals surface area contributed by atoms with Gasteiger partial charge in [0.1, 0.15) is 35.3 Å². The molecule has 0 heterocycles. The van der Waals surface area contributed by atoms with E-state index in [0.29, 0.717) is 0 Å². The van der Waals surface area contributed by atoms with Crippen LogP contribution >= 0.6 is 0 Å². The summed E-state index contributed by atoms with van der Waals surface area (Å²) >= 11 is 0. The molecule has 0 amide bonds. The first-order chi connectivity index (χ1) is 10.1. The summed E-state index contributed by atoms with van der Waals surface area (Å²) in [5.41, 5.74) is -0.276. The van der Waals surface area contributed by atoms with E-state index < -0.39 is 11.6 Å². The number of benzene rings is 2. The Balaban J connectivity index is 1.99. The molecule has 21 heavy (non-hydrogen) atoms. The van der Waals surface area contributed by atoms with Crippen molar-refractivity contribution in [2.45, 2.75) is 0 Å². The highest BCUT2D eigenvalue weighted by molar-refractivity contribution is 6.20. The van der Waals surface area contributed by atoms with Gasteiger partial charge in [-0.05, 0) is 36.4 Å². The van der Waals surface area contributed by atoms with Gasteiger partial charge < -0.3 is 9.31 Å². The molecule has 7 heteroatoms. The lowest BCUT2D eigenvalue weighted by atomic mass is 10.2. The van der Waals surface area contributed by atoms with Gasteiger partial charge >= 0.3 is 7.69 Å². The summed E-state index contributed by atoms with van der Waals surface area (Å²) in [6.45, 7) is 0. The Morgan fingerprint density at radius 2 is 1.24 bits per heavy atom. The SMILES string of the molecule is N#Cc1cc(OBOc2ccc(F)c(C#N)c2)ccc1F. The quantitative estimate of drug-likeness (QED) is 0.809. The molecule has 0 saturated carbocycles. The molecule has 0 radical (unpaired) electrons. The standard InChI is InChI=1S/C14H7BF2N2O2/c16-13-3-1-11(5-9(13)7-18)20-15-21-12-2-4-14(17)10(6-12)8-19/h1-6,15H. The highest BCUT2D eigenvalue weighted by atomic mass is 19.1. The number of nitrogens with zero attached hydrogens (tertiary/aromatic N) is 2. The predicted molar refractivity (Wildman–Crippen MR) is 70.6 cm³/mol. The van der Waals surface area contributed by atoms with Crippen LogP contribution < -0.4 is 9.31 Å². The van der Waals surface area contributed by atoms with E-state index in [1.165, 1.54) is 24.3 Å². The van der Waals surface area contributed by atoms with Crippen LogP contribution in [0.1, 0.15) is 11.1 Å². The van der Waals surface area contributed by atoms with Crippen molar-refractivity contribution in [3.05, 3.63) is 59.2 Å². The molecule has 2 aromatic rings. The second-order valence-electron chi connectivity index (χ2n) is 3.91. The molecule has 0 aliphatic rings. The van der Waals surface area contributed by atoms with E-state index in [-0.39, 0.29) is 30.3 Å². The third-order valence-electron chi connectivity index (χ3n) is 2.57. The van der Waals surface area contributed by atoms with Crippen LogP contribution in [-0.4, -0.2) is 7.69 Å². The Morgan fingerprint density at radius 3 is 1.62 bits per heavy atom. The molecule has 4 nitrogen and oxygen atoms in total. The van der Waals surface area contributed by atoms with Crippen LogP contribution in [0.15, 0.2) is 36.4 Å². The van der Waals surface area contributed by atoms with Gasteiger partial charge in [-0.1, -0.05) is 0 Å². The third-order valence-corrected chi connectivity index (χ3v) is 2.57. The maximum Gasteiger partial charge on any atom is 0.576 e. The zero-order valence-electron chi connectivity index (χ0n) is 10.6. The van der Waals surface area contributed by atoms with Gasteiger partial charge in [-0.25, -0.2) is 8.78 Å². The van der Waals surface area contributed by atoms with Gasteiger partial charge in [0.2, 0.25) is 0 Å². The molecule has 0 aliphatic heterocycles. The van der Waals surface area contributed by atoms with E-state index in [4.69, 9.17) is 19.8 Å². The number of hydrogen-bond acceptors (Lipinski definition) is 4. The van der Waals surface area contributed by atoms with Crippen LogP contribution in [0.3, 0.4) is 0 Å². The lowest BCUT2D eigenvalue weighted by Gasteiger charge is -2.08. The normalized spacial score (nSPS) is 9.33. The molecule has 0 spiro atoms. The average Bonchev–Trinajstić information content (AvgIpc) is 2.50. The van der Waals surface area contributed by atoms with E-state index in [0.717, 1.165) is 12.1 Å². The van der Waals surface area contributed by atoms with Crippen LogP contribution in [0.2, 0.25) is 0 Å². The maximum absolute atomic E-state index is 13.1. The van der Waals surface area contributed by atoms with Crippen molar-refractivity contribution in [2.24, 2.45) is 0 Å². The highest BCUT2D eigenvalue weighted by Gasteiger charge is 2.07. The molecule has 0 aromatic heterocycles. The zero-order valence-corrected chi connectivity index (χ0v) is 10.6. The van der Waals surface area contributed by atoms with Gasteiger partial charge in [0.25, 0.3) is 0 Å². The number of hydrogen-bond donors (Lipinski definition) is 0. The minimum Gasteiger partial charge on any atom is -0.528 e. The highest BCUT2D eigenvalue weighted by Crippen LogP contribution is 2.18. The molecule has 2 aromatic carbocycles. The van der Waals surface area contributed by atoms with Gasteiger partial charge in [0.05, 0.1) is 11.1 Å². The van der Waals surface area contributed by atoms with E-state index in [9.17, 15) is 8.78 Å². The van der Waals surface area contributed by atoms with Gasteiger partial charge in [-0.2, -0.15) is 10.5 Å². The monoisotopic (exact) mass is 284 g/mol. The summed E-state index contributed by atoms with van der Waals surface area (Å²) in [6, 6.07) is 10.8. The molecule has 0 N–H and O–H groups in total. The van der Waals surface area contributed by atoms with Crippen LogP contribution in [0.4, 0.5) is 8.78 Å². The average molecular weight is 284 g/mol. The van der Waals surface area contributed by atoms with E-state index >= 15 is 0 Å². The van der Waals surface area contributed by atoms with Crippen molar-refractivity contribution in [1.82, 2.24) is 0 Å². The van der Waals surface area contributed by atoms with Crippen LogP contribution in [0.5, 0.6) is 11.5 Å². The molecular formula is C14H7BF2N2O2. The summed E-state index contributed by atoms with van der Waals surface area (Å²) in [7, 11) is -0.229. The Kier molecular flexibility index (Phi) is 4.38. The molecule has 102 valence electrons. The van der Waals surface area contributed by atoms with Crippen molar-refractivity contribution in [1.29, 1.82) is 10.5 Å². The smallest absolute Gasteiger partial charge is 0.528 e. The summed E-state index contributed by atoms with van der Waals surface area (Å²) in [4.78, 5) is 0. The van der Waals surface area contributed by atoms with Crippen molar-refractivity contribution in [2.75, 3.05) is 0 Å². The van der Waals surface area contributed by atoms with Crippen LogP contribution in [0, 0.1) is 34.3 Å². The second kappa shape index (κ2) is 6.40. The maximum atomic E-state index is 13.1. The molecule has 0 unspecified atom stereocenters. The minimum atomic E-state index is -0.636. The lowest BCUT2D eigenvalue weighted by Crippen LogP contribution is -2.11. The summed E-state index contributed by atoms with van der Waals surface area (Å²) in [6.07, 6.45) is 0. The number of halogens is 2. The van der Waals surface area contributed by atoms with Crippen molar-refractivity contribution in [3.8, 4) is 23.6 Å².